The zero-order valence-electron chi connectivity index (χ0n) is 8.98. The summed E-state index contributed by atoms with van der Waals surface area (Å²) >= 11 is 0. The molecule has 0 rings (SSSR count). The zero-order chi connectivity index (χ0) is 9.83. The third kappa shape index (κ3) is 3.55. The van der Waals surface area contributed by atoms with Crippen molar-refractivity contribution in [2.24, 2.45) is 0 Å². The molecule has 0 amide bonds. The summed E-state index contributed by atoms with van der Waals surface area (Å²) in [5.74, 6) is 0. The van der Waals surface area contributed by atoms with Gasteiger partial charge in [-0.1, -0.05) is 13.3 Å². The fraction of sp³-hybridized carbons (Fsp3) is 1.00. The Morgan fingerprint density at radius 1 is 1.17 bits per heavy atom. The van der Waals surface area contributed by atoms with E-state index in [4.69, 9.17) is 4.74 Å². The summed E-state index contributed by atoms with van der Waals surface area (Å²) in [5, 5.41) is 9.72. The molecule has 2 heteroatoms. The van der Waals surface area contributed by atoms with Crippen molar-refractivity contribution >= 4 is 0 Å². The van der Waals surface area contributed by atoms with Crippen LogP contribution >= 0.6 is 0 Å². The smallest absolute Gasteiger partial charge is 0.0906 e. The highest BCUT2D eigenvalue weighted by molar-refractivity contribution is 4.87. The molecule has 0 aromatic rings. The van der Waals surface area contributed by atoms with Gasteiger partial charge in [0.15, 0.2) is 0 Å². The Hall–Kier alpha value is -0.0800. The average molecular weight is 174 g/mol. The summed E-state index contributed by atoms with van der Waals surface area (Å²) in [6.07, 6.45) is 2.18. The van der Waals surface area contributed by atoms with Crippen molar-refractivity contribution in [1.29, 1.82) is 0 Å². The lowest BCUT2D eigenvalue weighted by Gasteiger charge is -2.37. The molecule has 0 aliphatic carbocycles. The standard InChI is InChI=1S/C10H22O2/c1-6-7-8-12-10(4,5)9(2,3)11/h11H,6-8H2,1-5H3. The lowest BCUT2D eigenvalue weighted by molar-refractivity contribution is -0.147. The Balaban J connectivity index is 3.88. The highest BCUT2D eigenvalue weighted by Gasteiger charge is 2.35. The van der Waals surface area contributed by atoms with Crippen LogP contribution in [0.1, 0.15) is 47.5 Å². The van der Waals surface area contributed by atoms with E-state index in [-0.39, 0.29) is 0 Å². The van der Waals surface area contributed by atoms with Gasteiger partial charge in [0.2, 0.25) is 0 Å². The van der Waals surface area contributed by atoms with Gasteiger partial charge in [-0.25, -0.2) is 0 Å². The molecule has 0 aliphatic rings. The summed E-state index contributed by atoms with van der Waals surface area (Å²) in [7, 11) is 0. The Morgan fingerprint density at radius 2 is 1.67 bits per heavy atom. The minimum absolute atomic E-state index is 0.456. The van der Waals surface area contributed by atoms with Crippen molar-refractivity contribution in [2.75, 3.05) is 6.61 Å². The van der Waals surface area contributed by atoms with Crippen LogP contribution in [0.25, 0.3) is 0 Å². The molecule has 0 radical (unpaired) electrons. The summed E-state index contributed by atoms with van der Waals surface area (Å²) < 4.78 is 5.58. The molecule has 0 bridgehead atoms. The zero-order valence-corrected chi connectivity index (χ0v) is 8.98. The summed E-state index contributed by atoms with van der Waals surface area (Å²) in [6.45, 7) is 10.2. The van der Waals surface area contributed by atoms with Crippen LogP contribution in [0.3, 0.4) is 0 Å². The first-order chi connectivity index (χ1) is 5.31. The maximum absolute atomic E-state index is 9.72. The van der Waals surface area contributed by atoms with Gasteiger partial charge < -0.3 is 9.84 Å². The van der Waals surface area contributed by atoms with Gasteiger partial charge in [0.25, 0.3) is 0 Å². The maximum Gasteiger partial charge on any atom is 0.0906 e. The molecule has 12 heavy (non-hydrogen) atoms. The summed E-state index contributed by atoms with van der Waals surface area (Å²) in [5.41, 5.74) is -1.23. The molecule has 74 valence electrons. The summed E-state index contributed by atoms with van der Waals surface area (Å²) in [4.78, 5) is 0. The average Bonchev–Trinajstić information content (AvgIpc) is 1.85. The largest absolute Gasteiger partial charge is 0.387 e. The topological polar surface area (TPSA) is 29.5 Å². The molecule has 0 atom stereocenters. The van der Waals surface area contributed by atoms with Gasteiger partial charge in [-0.3, -0.25) is 0 Å². The van der Waals surface area contributed by atoms with Crippen LogP contribution in [-0.2, 0) is 4.74 Å². The highest BCUT2D eigenvalue weighted by atomic mass is 16.5. The van der Waals surface area contributed by atoms with Crippen LogP contribution in [0, 0.1) is 0 Å². The summed E-state index contributed by atoms with van der Waals surface area (Å²) in [6, 6.07) is 0. The molecule has 0 saturated carbocycles. The quantitative estimate of drug-likeness (QED) is 0.648. The molecular formula is C10H22O2. The first-order valence-electron chi connectivity index (χ1n) is 4.67. The fourth-order valence-electron chi connectivity index (χ4n) is 0.648. The Labute approximate surface area is 75.9 Å². The minimum Gasteiger partial charge on any atom is -0.387 e. The van der Waals surface area contributed by atoms with Crippen molar-refractivity contribution in [3.05, 3.63) is 0 Å². The van der Waals surface area contributed by atoms with E-state index >= 15 is 0 Å². The normalized spacial score (nSPS) is 13.5. The predicted octanol–water partition coefficient (Wildman–Crippen LogP) is 2.35. The van der Waals surface area contributed by atoms with Crippen LogP contribution in [0.5, 0.6) is 0 Å². The van der Waals surface area contributed by atoms with Gasteiger partial charge >= 0.3 is 0 Å². The van der Waals surface area contributed by atoms with E-state index in [9.17, 15) is 5.11 Å². The highest BCUT2D eigenvalue weighted by Crippen LogP contribution is 2.24. The van der Waals surface area contributed by atoms with Crippen LogP contribution in [0.15, 0.2) is 0 Å². The van der Waals surface area contributed by atoms with E-state index in [1.807, 2.05) is 13.8 Å². The Morgan fingerprint density at radius 3 is 2.00 bits per heavy atom. The van der Waals surface area contributed by atoms with Gasteiger partial charge in [-0.05, 0) is 34.1 Å². The van der Waals surface area contributed by atoms with Gasteiger partial charge in [0, 0.05) is 6.61 Å². The Kier molecular flexibility index (Phi) is 4.21. The van der Waals surface area contributed by atoms with E-state index in [0.29, 0.717) is 0 Å². The minimum atomic E-state index is -0.777. The molecule has 0 aliphatic heterocycles. The molecule has 0 spiro atoms. The van der Waals surface area contributed by atoms with E-state index < -0.39 is 11.2 Å². The van der Waals surface area contributed by atoms with Crippen molar-refractivity contribution in [2.45, 2.75) is 58.7 Å². The van der Waals surface area contributed by atoms with Gasteiger partial charge in [-0.2, -0.15) is 0 Å². The second kappa shape index (κ2) is 4.24. The van der Waals surface area contributed by atoms with Crippen molar-refractivity contribution in [3.8, 4) is 0 Å². The van der Waals surface area contributed by atoms with Gasteiger partial charge in [0.1, 0.15) is 0 Å². The van der Waals surface area contributed by atoms with E-state index in [2.05, 4.69) is 6.92 Å². The Bertz CT molecular complexity index is 122. The fourth-order valence-corrected chi connectivity index (χ4v) is 0.648. The van der Waals surface area contributed by atoms with Crippen LogP contribution in [0.2, 0.25) is 0 Å². The lowest BCUT2D eigenvalue weighted by Crippen LogP contribution is -2.47. The number of aliphatic hydroxyl groups is 1. The molecule has 0 aromatic heterocycles. The molecule has 0 saturated heterocycles. The molecule has 0 heterocycles. The second-order valence-corrected chi connectivity index (χ2v) is 4.27. The predicted molar refractivity (Wildman–Crippen MR) is 51.2 cm³/mol. The van der Waals surface area contributed by atoms with Crippen molar-refractivity contribution < 1.29 is 9.84 Å². The van der Waals surface area contributed by atoms with Crippen LogP contribution in [-0.4, -0.2) is 22.9 Å². The molecule has 0 fully saturated rings. The molecule has 1 N–H and O–H groups in total. The monoisotopic (exact) mass is 174 g/mol. The van der Waals surface area contributed by atoms with Crippen molar-refractivity contribution in [3.63, 3.8) is 0 Å². The molecular weight excluding hydrogens is 152 g/mol. The number of unbranched alkanes of at least 4 members (excludes halogenated alkanes) is 1. The number of ether oxygens (including phenoxy) is 1. The van der Waals surface area contributed by atoms with Gasteiger partial charge in [-0.15, -0.1) is 0 Å². The van der Waals surface area contributed by atoms with Crippen molar-refractivity contribution in [1.82, 2.24) is 0 Å². The molecule has 0 aromatic carbocycles. The van der Waals surface area contributed by atoms with Crippen LogP contribution < -0.4 is 0 Å². The lowest BCUT2D eigenvalue weighted by atomic mass is 9.89. The number of hydrogen-bond donors (Lipinski definition) is 1. The van der Waals surface area contributed by atoms with E-state index in [0.717, 1.165) is 19.4 Å². The third-order valence-electron chi connectivity index (χ3n) is 2.43. The van der Waals surface area contributed by atoms with E-state index in [1.54, 1.807) is 13.8 Å². The third-order valence-corrected chi connectivity index (χ3v) is 2.43. The number of hydrogen-bond acceptors (Lipinski definition) is 2. The molecule has 0 unspecified atom stereocenters. The number of rotatable bonds is 5. The second-order valence-electron chi connectivity index (χ2n) is 4.27. The van der Waals surface area contributed by atoms with E-state index in [1.165, 1.54) is 0 Å². The van der Waals surface area contributed by atoms with Crippen LogP contribution in [0.4, 0.5) is 0 Å². The first kappa shape index (κ1) is 11.9. The molecule has 2 nitrogen and oxygen atoms in total. The SMILES string of the molecule is CCCCOC(C)(C)C(C)(C)O. The van der Waals surface area contributed by atoms with Gasteiger partial charge in [0.05, 0.1) is 11.2 Å². The maximum atomic E-state index is 9.72. The first-order valence-corrected chi connectivity index (χ1v) is 4.67.